The van der Waals surface area contributed by atoms with Crippen LogP contribution >= 0.6 is 22.6 Å². The van der Waals surface area contributed by atoms with E-state index in [1.807, 2.05) is 0 Å². The zero-order valence-corrected chi connectivity index (χ0v) is 6.54. The first-order valence-corrected chi connectivity index (χ1v) is 3.75. The monoisotopic (exact) mass is 256 g/mol. The van der Waals surface area contributed by atoms with Crippen molar-refractivity contribution >= 4 is 22.6 Å². The van der Waals surface area contributed by atoms with E-state index < -0.39 is 18.8 Å². The van der Waals surface area contributed by atoms with Crippen LogP contribution in [-0.2, 0) is 0 Å². The highest BCUT2D eigenvalue weighted by Gasteiger charge is 2.39. The van der Waals surface area contributed by atoms with E-state index in [2.05, 4.69) is 0 Å². The average Bonchev–Trinajstić information content (AvgIpc) is 1.65. The summed E-state index contributed by atoms with van der Waals surface area (Å²) in [7, 11) is 0. The van der Waals surface area contributed by atoms with Gasteiger partial charge in [0.2, 0.25) is 0 Å². The fraction of sp³-hybridized carbons (Fsp3) is 1.00. The van der Waals surface area contributed by atoms with Gasteiger partial charge in [-0.2, -0.15) is 0 Å². The zero-order valence-electron chi connectivity index (χ0n) is 4.38. The van der Waals surface area contributed by atoms with Gasteiger partial charge in [-0.15, -0.1) is 0 Å². The van der Waals surface area contributed by atoms with Crippen molar-refractivity contribution in [1.82, 2.24) is 0 Å². The second-order valence-electron chi connectivity index (χ2n) is 1.50. The molecule has 0 atom stereocenters. The number of hydrogen-bond acceptors (Lipinski definition) is 0. The largest absolute Gasteiger partial charge is 0.308 e. The predicted octanol–water partition coefficient (Wildman–Crippen LogP) is 2.71. The summed E-state index contributed by atoms with van der Waals surface area (Å²) in [4.78, 5) is 0. The van der Waals surface area contributed by atoms with E-state index in [1.54, 1.807) is 22.6 Å². The molecule has 0 unspecified atom stereocenters. The second kappa shape index (κ2) is 3.58. The standard InChI is InChI=1S/C4H5F4I/c5-3(6)4(7,8)1-2-9/h3H,1-2H2. The summed E-state index contributed by atoms with van der Waals surface area (Å²) in [6, 6.07) is 0. The SMILES string of the molecule is FC(F)C(F)(F)CCI. The Bertz CT molecular complexity index is 82.6. The van der Waals surface area contributed by atoms with Crippen LogP contribution in [0.2, 0.25) is 0 Å². The molecule has 0 aromatic rings. The molecule has 0 N–H and O–H groups in total. The normalized spacial score (nSPS) is 12.7. The van der Waals surface area contributed by atoms with Gasteiger partial charge in [0.1, 0.15) is 0 Å². The van der Waals surface area contributed by atoms with E-state index in [-0.39, 0.29) is 4.43 Å². The molecule has 0 aromatic heterocycles. The lowest BCUT2D eigenvalue weighted by Crippen LogP contribution is -2.26. The second-order valence-corrected chi connectivity index (χ2v) is 2.58. The molecule has 0 aliphatic carbocycles. The van der Waals surface area contributed by atoms with Crippen molar-refractivity contribution < 1.29 is 17.6 Å². The van der Waals surface area contributed by atoms with Crippen LogP contribution in [0, 0.1) is 0 Å². The van der Waals surface area contributed by atoms with Gasteiger partial charge < -0.3 is 0 Å². The first-order chi connectivity index (χ1) is 4.00. The lowest BCUT2D eigenvalue weighted by Gasteiger charge is -2.12. The minimum absolute atomic E-state index is 0.0507. The molecule has 0 saturated carbocycles. The van der Waals surface area contributed by atoms with Crippen LogP contribution in [0.5, 0.6) is 0 Å². The van der Waals surface area contributed by atoms with E-state index in [9.17, 15) is 17.6 Å². The smallest absolute Gasteiger partial charge is 0.204 e. The fourth-order valence-electron chi connectivity index (χ4n) is 0.235. The maximum Gasteiger partial charge on any atom is 0.308 e. The van der Waals surface area contributed by atoms with E-state index >= 15 is 0 Å². The zero-order chi connectivity index (χ0) is 7.49. The van der Waals surface area contributed by atoms with Crippen LogP contribution in [-0.4, -0.2) is 16.8 Å². The Balaban J connectivity index is 3.70. The Labute approximate surface area is 63.8 Å². The first-order valence-electron chi connectivity index (χ1n) is 2.22. The van der Waals surface area contributed by atoms with Crippen molar-refractivity contribution in [1.29, 1.82) is 0 Å². The fourth-order valence-corrected chi connectivity index (χ4v) is 0.954. The summed E-state index contributed by atoms with van der Waals surface area (Å²) in [6.45, 7) is 0. The van der Waals surface area contributed by atoms with Gasteiger partial charge in [0.05, 0.1) is 0 Å². The van der Waals surface area contributed by atoms with Gasteiger partial charge in [-0.25, -0.2) is 17.6 Å². The third kappa shape index (κ3) is 3.22. The molecular weight excluding hydrogens is 251 g/mol. The van der Waals surface area contributed by atoms with Gasteiger partial charge in [-0.1, -0.05) is 22.6 Å². The molecule has 0 heterocycles. The molecule has 0 saturated heterocycles. The van der Waals surface area contributed by atoms with E-state index in [1.165, 1.54) is 0 Å². The number of hydrogen-bond donors (Lipinski definition) is 0. The minimum atomic E-state index is -3.79. The molecule has 0 spiro atoms. The maximum atomic E-state index is 11.8. The molecule has 0 rings (SSSR count). The van der Waals surface area contributed by atoms with Crippen LogP contribution in [0.15, 0.2) is 0 Å². The molecule has 5 heteroatoms. The Morgan fingerprint density at radius 2 is 1.78 bits per heavy atom. The molecule has 56 valence electrons. The van der Waals surface area contributed by atoms with Crippen molar-refractivity contribution in [2.75, 3.05) is 4.43 Å². The summed E-state index contributed by atoms with van der Waals surface area (Å²) in [5, 5.41) is 0. The van der Waals surface area contributed by atoms with Crippen LogP contribution in [0.25, 0.3) is 0 Å². The van der Waals surface area contributed by atoms with Gasteiger partial charge in [0.15, 0.2) is 0 Å². The Morgan fingerprint density at radius 3 is 1.89 bits per heavy atom. The number of alkyl halides is 5. The van der Waals surface area contributed by atoms with Crippen LogP contribution in [0.1, 0.15) is 6.42 Å². The van der Waals surface area contributed by atoms with Crippen LogP contribution in [0.3, 0.4) is 0 Å². The maximum absolute atomic E-state index is 11.8. The minimum Gasteiger partial charge on any atom is -0.204 e. The van der Waals surface area contributed by atoms with Gasteiger partial charge in [-0.3, -0.25) is 0 Å². The molecule has 0 bridgehead atoms. The Kier molecular flexibility index (Phi) is 3.76. The van der Waals surface area contributed by atoms with Crippen LogP contribution < -0.4 is 0 Å². The van der Waals surface area contributed by atoms with E-state index in [4.69, 9.17) is 0 Å². The molecule has 9 heavy (non-hydrogen) atoms. The van der Waals surface area contributed by atoms with E-state index in [0.29, 0.717) is 0 Å². The van der Waals surface area contributed by atoms with Gasteiger partial charge in [0.25, 0.3) is 0 Å². The van der Waals surface area contributed by atoms with Gasteiger partial charge in [0, 0.05) is 10.8 Å². The Morgan fingerprint density at radius 1 is 1.33 bits per heavy atom. The third-order valence-corrected chi connectivity index (χ3v) is 1.29. The molecule has 0 aliphatic rings. The summed E-state index contributed by atoms with van der Waals surface area (Å²) >= 11 is 1.63. The highest BCUT2D eigenvalue weighted by molar-refractivity contribution is 14.1. The highest BCUT2D eigenvalue weighted by atomic mass is 127. The van der Waals surface area contributed by atoms with Gasteiger partial charge in [-0.05, 0) is 0 Å². The summed E-state index contributed by atoms with van der Waals surface area (Å²) in [5.74, 6) is -3.79. The number of halogens is 5. The molecular formula is C4H5F4I. The lowest BCUT2D eigenvalue weighted by molar-refractivity contribution is -0.128. The molecule has 0 aliphatic heterocycles. The predicted molar refractivity (Wildman–Crippen MR) is 34.5 cm³/mol. The van der Waals surface area contributed by atoms with Crippen molar-refractivity contribution in [2.45, 2.75) is 18.8 Å². The highest BCUT2D eigenvalue weighted by Crippen LogP contribution is 2.26. The Hall–Kier alpha value is 0.450. The average molecular weight is 256 g/mol. The molecule has 0 aromatic carbocycles. The quantitative estimate of drug-likeness (QED) is 0.413. The third-order valence-electron chi connectivity index (χ3n) is 0.747. The van der Waals surface area contributed by atoms with Crippen molar-refractivity contribution in [3.05, 3.63) is 0 Å². The first kappa shape index (κ1) is 9.45. The van der Waals surface area contributed by atoms with Gasteiger partial charge >= 0.3 is 12.3 Å². The van der Waals surface area contributed by atoms with Crippen LogP contribution in [0.4, 0.5) is 17.6 Å². The molecule has 0 radical (unpaired) electrons. The number of rotatable bonds is 3. The molecule has 0 fully saturated rings. The van der Waals surface area contributed by atoms with Crippen molar-refractivity contribution in [2.24, 2.45) is 0 Å². The lowest BCUT2D eigenvalue weighted by atomic mass is 10.3. The van der Waals surface area contributed by atoms with Crippen molar-refractivity contribution in [3.63, 3.8) is 0 Å². The molecule has 0 amide bonds. The van der Waals surface area contributed by atoms with Crippen molar-refractivity contribution in [3.8, 4) is 0 Å². The molecule has 0 nitrogen and oxygen atoms in total. The van der Waals surface area contributed by atoms with E-state index in [0.717, 1.165) is 0 Å². The summed E-state index contributed by atoms with van der Waals surface area (Å²) in [6.07, 6.45) is -4.27. The topological polar surface area (TPSA) is 0 Å². The summed E-state index contributed by atoms with van der Waals surface area (Å²) in [5.41, 5.74) is 0. The summed E-state index contributed by atoms with van der Waals surface area (Å²) < 4.78 is 46.1.